The number of thioether (sulfide) groups is 1. The molecule has 1 heterocycles. The van der Waals surface area contributed by atoms with Crippen molar-refractivity contribution >= 4 is 29.3 Å². The SMILES string of the molecule is CSc1ccc(Cl)c(C(=O)N2CCN(CCO)CC2)c1. The van der Waals surface area contributed by atoms with Gasteiger partial charge in [0.15, 0.2) is 0 Å². The number of piperazine rings is 1. The van der Waals surface area contributed by atoms with Gasteiger partial charge >= 0.3 is 0 Å². The molecule has 1 aliphatic rings. The zero-order valence-corrected chi connectivity index (χ0v) is 13.1. The van der Waals surface area contributed by atoms with E-state index >= 15 is 0 Å². The number of hydrogen-bond acceptors (Lipinski definition) is 4. The standard InChI is InChI=1S/C14H19ClN2O2S/c1-20-11-2-3-13(15)12(10-11)14(19)17-6-4-16(5-7-17)8-9-18/h2-3,10,18H,4-9H2,1H3. The first-order valence-electron chi connectivity index (χ1n) is 6.61. The first kappa shape index (κ1) is 15.6. The molecular weight excluding hydrogens is 296 g/mol. The maximum absolute atomic E-state index is 12.5. The summed E-state index contributed by atoms with van der Waals surface area (Å²) in [7, 11) is 0. The van der Waals surface area contributed by atoms with Gasteiger partial charge in [-0.2, -0.15) is 0 Å². The third-order valence-electron chi connectivity index (χ3n) is 3.48. The molecule has 0 atom stereocenters. The van der Waals surface area contributed by atoms with Crippen LogP contribution in [0.3, 0.4) is 0 Å². The highest BCUT2D eigenvalue weighted by Gasteiger charge is 2.23. The maximum Gasteiger partial charge on any atom is 0.255 e. The summed E-state index contributed by atoms with van der Waals surface area (Å²) >= 11 is 7.74. The number of β-amino-alcohol motifs (C(OH)–C–C–N with tert-alkyl or cyclic N) is 1. The number of carbonyl (C=O) groups excluding carboxylic acids is 1. The number of benzene rings is 1. The first-order chi connectivity index (χ1) is 9.65. The molecule has 0 saturated carbocycles. The van der Waals surface area contributed by atoms with Crippen molar-refractivity contribution in [3.8, 4) is 0 Å². The van der Waals surface area contributed by atoms with Gasteiger partial charge in [0.25, 0.3) is 5.91 Å². The van der Waals surface area contributed by atoms with Crippen LogP contribution in [0.15, 0.2) is 23.1 Å². The highest BCUT2D eigenvalue weighted by Crippen LogP contribution is 2.24. The molecule has 1 fully saturated rings. The fourth-order valence-electron chi connectivity index (χ4n) is 2.28. The van der Waals surface area contributed by atoms with Crippen molar-refractivity contribution in [3.63, 3.8) is 0 Å². The Balaban J connectivity index is 2.05. The molecule has 110 valence electrons. The van der Waals surface area contributed by atoms with Crippen LogP contribution in [-0.2, 0) is 0 Å². The molecule has 0 unspecified atom stereocenters. The predicted molar refractivity (Wildman–Crippen MR) is 82.7 cm³/mol. The van der Waals surface area contributed by atoms with Crippen molar-refractivity contribution in [2.75, 3.05) is 45.6 Å². The van der Waals surface area contributed by atoms with Crippen LogP contribution in [0, 0.1) is 0 Å². The van der Waals surface area contributed by atoms with E-state index in [4.69, 9.17) is 16.7 Å². The zero-order chi connectivity index (χ0) is 14.5. The Morgan fingerprint density at radius 2 is 2.05 bits per heavy atom. The smallest absolute Gasteiger partial charge is 0.255 e. The quantitative estimate of drug-likeness (QED) is 0.861. The minimum absolute atomic E-state index is 0.00505. The molecule has 20 heavy (non-hydrogen) atoms. The summed E-state index contributed by atoms with van der Waals surface area (Å²) in [5, 5.41) is 9.43. The van der Waals surface area contributed by atoms with Crippen LogP contribution in [-0.4, -0.2) is 66.4 Å². The molecule has 4 nitrogen and oxygen atoms in total. The molecule has 0 bridgehead atoms. The topological polar surface area (TPSA) is 43.8 Å². The molecular formula is C14H19ClN2O2S. The highest BCUT2D eigenvalue weighted by atomic mass is 35.5. The van der Waals surface area contributed by atoms with E-state index in [1.807, 2.05) is 23.3 Å². The fourth-order valence-corrected chi connectivity index (χ4v) is 2.92. The highest BCUT2D eigenvalue weighted by molar-refractivity contribution is 7.98. The van der Waals surface area contributed by atoms with Crippen LogP contribution in [0.25, 0.3) is 0 Å². The van der Waals surface area contributed by atoms with Gasteiger partial charge in [-0.1, -0.05) is 11.6 Å². The van der Waals surface area contributed by atoms with Gasteiger partial charge in [0.1, 0.15) is 0 Å². The molecule has 1 N–H and O–H groups in total. The fraction of sp³-hybridized carbons (Fsp3) is 0.500. The Morgan fingerprint density at radius 1 is 1.35 bits per heavy atom. The van der Waals surface area contributed by atoms with E-state index in [-0.39, 0.29) is 12.5 Å². The molecule has 1 aromatic rings. The average Bonchev–Trinajstić information content (AvgIpc) is 2.48. The summed E-state index contributed by atoms with van der Waals surface area (Å²) in [4.78, 5) is 17.5. The van der Waals surface area contributed by atoms with Gasteiger partial charge in [-0.15, -0.1) is 11.8 Å². The van der Waals surface area contributed by atoms with Crippen molar-refractivity contribution in [1.29, 1.82) is 0 Å². The monoisotopic (exact) mass is 314 g/mol. The summed E-state index contributed by atoms with van der Waals surface area (Å²) in [6, 6.07) is 5.56. The lowest BCUT2D eigenvalue weighted by Gasteiger charge is -2.34. The second kappa shape index (κ2) is 7.31. The minimum Gasteiger partial charge on any atom is -0.395 e. The van der Waals surface area contributed by atoms with Gasteiger partial charge in [0, 0.05) is 37.6 Å². The number of rotatable bonds is 4. The molecule has 0 aliphatic carbocycles. The zero-order valence-electron chi connectivity index (χ0n) is 11.5. The van der Waals surface area contributed by atoms with Gasteiger partial charge in [-0.3, -0.25) is 9.69 Å². The van der Waals surface area contributed by atoms with Crippen molar-refractivity contribution in [2.24, 2.45) is 0 Å². The number of nitrogens with zero attached hydrogens (tertiary/aromatic N) is 2. The van der Waals surface area contributed by atoms with Crippen molar-refractivity contribution in [3.05, 3.63) is 28.8 Å². The van der Waals surface area contributed by atoms with E-state index < -0.39 is 0 Å². The second-order valence-electron chi connectivity index (χ2n) is 4.70. The van der Waals surface area contributed by atoms with Gasteiger partial charge in [-0.25, -0.2) is 0 Å². The Hall–Kier alpha value is -0.750. The van der Waals surface area contributed by atoms with Gasteiger partial charge in [0.2, 0.25) is 0 Å². The number of aliphatic hydroxyl groups excluding tert-OH is 1. The number of hydrogen-bond donors (Lipinski definition) is 1. The van der Waals surface area contributed by atoms with E-state index in [2.05, 4.69) is 4.90 Å². The van der Waals surface area contributed by atoms with Crippen molar-refractivity contribution in [1.82, 2.24) is 9.80 Å². The predicted octanol–water partition coefficient (Wildman–Crippen LogP) is 1.81. The van der Waals surface area contributed by atoms with Crippen LogP contribution < -0.4 is 0 Å². The number of halogens is 1. The minimum atomic E-state index is -0.00505. The number of carbonyl (C=O) groups is 1. The third kappa shape index (κ3) is 3.67. The lowest BCUT2D eigenvalue weighted by atomic mass is 10.1. The van der Waals surface area contributed by atoms with Crippen LogP contribution in [0.5, 0.6) is 0 Å². The first-order valence-corrected chi connectivity index (χ1v) is 8.22. The van der Waals surface area contributed by atoms with E-state index in [0.717, 1.165) is 18.0 Å². The molecule has 1 aliphatic heterocycles. The molecule has 1 amide bonds. The maximum atomic E-state index is 12.5. The molecule has 0 aromatic heterocycles. The second-order valence-corrected chi connectivity index (χ2v) is 5.99. The Bertz CT molecular complexity index is 476. The van der Waals surface area contributed by atoms with Crippen LogP contribution >= 0.6 is 23.4 Å². The van der Waals surface area contributed by atoms with Gasteiger partial charge in [0.05, 0.1) is 17.2 Å². The van der Waals surface area contributed by atoms with Gasteiger partial charge < -0.3 is 10.0 Å². The van der Waals surface area contributed by atoms with Crippen molar-refractivity contribution in [2.45, 2.75) is 4.90 Å². The summed E-state index contributed by atoms with van der Waals surface area (Å²) in [6.07, 6.45) is 1.98. The molecule has 6 heteroatoms. The molecule has 0 radical (unpaired) electrons. The number of aliphatic hydroxyl groups is 1. The Labute approximate surface area is 128 Å². The van der Waals surface area contributed by atoms with E-state index in [9.17, 15) is 4.79 Å². The molecule has 1 saturated heterocycles. The number of amides is 1. The Kier molecular flexibility index (Phi) is 5.72. The molecule has 2 rings (SSSR count). The van der Waals surface area contributed by atoms with Gasteiger partial charge in [-0.05, 0) is 24.5 Å². The van der Waals surface area contributed by atoms with E-state index in [0.29, 0.717) is 30.2 Å². The lowest BCUT2D eigenvalue weighted by molar-refractivity contribution is 0.0615. The normalized spacial score (nSPS) is 16.4. The molecule has 0 spiro atoms. The van der Waals surface area contributed by atoms with Crippen LogP contribution in [0.4, 0.5) is 0 Å². The van der Waals surface area contributed by atoms with Crippen LogP contribution in [0.2, 0.25) is 5.02 Å². The summed E-state index contributed by atoms with van der Waals surface area (Å²) in [5.74, 6) is -0.00505. The van der Waals surface area contributed by atoms with E-state index in [1.54, 1.807) is 17.8 Å². The Morgan fingerprint density at radius 3 is 2.65 bits per heavy atom. The van der Waals surface area contributed by atoms with Crippen LogP contribution in [0.1, 0.15) is 10.4 Å². The average molecular weight is 315 g/mol. The third-order valence-corrected chi connectivity index (χ3v) is 4.53. The largest absolute Gasteiger partial charge is 0.395 e. The lowest BCUT2D eigenvalue weighted by Crippen LogP contribution is -2.49. The molecule has 1 aromatic carbocycles. The summed E-state index contributed by atoms with van der Waals surface area (Å²) in [6.45, 7) is 3.79. The summed E-state index contributed by atoms with van der Waals surface area (Å²) in [5.41, 5.74) is 0.578. The van der Waals surface area contributed by atoms with E-state index in [1.165, 1.54) is 0 Å². The van der Waals surface area contributed by atoms with Crippen molar-refractivity contribution < 1.29 is 9.90 Å². The summed E-state index contributed by atoms with van der Waals surface area (Å²) < 4.78 is 0.